The van der Waals surface area contributed by atoms with Gasteiger partial charge in [0.15, 0.2) is 5.78 Å². The molecule has 0 aromatic heterocycles. The lowest BCUT2D eigenvalue weighted by molar-refractivity contribution is 0.0843. The largest absolute Gasteiger partial charge is 0.496 e. The van der Waals surface area contributed by atoms with Gasteiger partial charge in [-0.25, -0.2) is 0 Å². The Labute approximate surface area is 153 Å². The third-order valence-corrected chi connectivity index (χ3v) is 4.30. The van der Waals surface area contributed by atoms with Crippen molar-refractivity contribution in [1.29, 1.82) is 0 Å². The van der Waals surface area contributed by atoms with Crippen LogP contribution < -0.4 is 14.2 Å². The van der Waals surface area contributed by atoms with Crippen LogP contribution in [-0.4, -0.2) is 20.0 Å². The highest BCUT2D eigenvalue weighted by Crippen LogP contribution is 2.46. The van der Waals surface area contributed by atoms with E-state index in [0.29, 0.717) is 28.4 Å². The van der Waals surface area contributed by atoms with Crippen molar-refractivity contribution in [2.45, 2.75) is 19.4 Å². The fraction of sp³-hybridized carbons (Fsp3) is 0.227. The van der Waals surface area contributed by atoms with Gasteiger partial charge in [-0.15, -0.1) is 0 Å². The fourth-order valence-electron chi connectivity index (χ4n) is 3.04. The third-order valence-electron chi connectivity index (χ3n) is 4.30. The van der Waals surface area contributed by atoms with Crippen LogP contribution in [0.4, 0.5) is 0 Å². The van der Waals surface area contributed by atoms with Crippen molar-refractivity contribution in [3.8, 4) is 17.2 Å². The van der Waals surface area contributed by atoms with Crippen LogP contribution in [0.15, 0.2) is 54.6 Å². The molecule has 2 aromatic carbocycles. The van der Waals surface area contributed by atoms with Crippen LogP contribution in [0.1, 0.15) is 40.9 Å². The Balaban J connectivity index is 2.17. The lowest BCUT2D eigenvalue weighted by Crippen LogP contribution is -2.22. The topological polar surface area (TPSA) is 44.8 Å². The summed E-state index contributed by atoms with van der Waals surface area (Å²) in [6.07, 6.45) is 3.65. The van der Waals surface area contributed by atoms with Crippen LogP contribution in [0.25, 0.3) is 6.08 Å². The minimum absolute atomic E-state index is 0.00965. The van der Waals surface area contributed by atoms with E-state index in [2.05, 4.69) is 6.58 Å². The number of carbonyl (C=O) groups is 1. The van der Waals surface area contributed by atoms with Crippen molar-refractivity contribution in [2.75, 3.05) is 14.2 Å². The highest BCUT2D eigenvalue weighted by Gasteiger charge is 2.33. The van der Waals surface area contributed by atoms with Gasteiger partial charge in [-0.2, -0.15) is 0 Å². The van der Waals surface area contributed by atoms with E-state index in [1.165, 1.54) is 7.11 Å². The van der Waals surface area contributed by atoms with Crippen molar-refractivity contribution in [3.63, 3.8) is 0 Å². The Morgan fingerprint density at radius 1 is 1.19 bits per heavy atom. The average molecular weight is 350 g/mol. The van der Waals surface area contributed by atoms with Gasteiger partial charge in [-0.3, -0.25) is 4.79 Å². The minimum Gasteiger partial charge on any atom is -0.496 e. The number of hydrogen-bond donors (Lipinski definition) is 0. The molecule has 0 amide bonds. The Morgan fingerprint density at radius 2 is 1.88 bits per heavy atom. The van der Waals surface area contributed by atoms with Crippen molar-refractivity contribution >= 4 is 11.9 Å². The first-order chi connectivity index (χ1) is 12.5. The molecule has 0 unspecified atom stereocenters. The summed E-state index contributed by atoms with van der Waals surface area (Å²) in [5.74, 6) is 1.52. The van der Waals surface area contributed by atoms with Crippen LogP contribution in [0.5, 0.6) is 17.2 Å². The predicted molar refractivity (Wildman–Crippen MR) is 102 cm³/mol. The molecule has 0 radical (unpaired) electrons. The number of Topliss-reactive ketones (excluding diaryl/α,β-unsaturated/α-hetero) is 1. The molecule has 0 saturated carbocycles. The molecule has 0 N–H and O–H groups in total. The molecule has 0 saturated heterocycles. The second kappa shape index (κ2) is 7.48. The number of fused-ring (bicyclic) bond motifs is 1. The number of benzene rings is 2. The zero-order valence-electron chi connectivity index (χ0n) is 15.2. The van der Waals surface area contributed by atoms with Crippen LogP contribution in [0, 0.1) is 0 Å². The minimum atomic E-state index is -0.343. The molecule has 2 aromatic rings. The number of hydrogen-bond acceptors (Lipinski definition) is 4. The summed E-state index contributed by atoms with van der Waals surface area (Å²) in [5, 5.41) is 0. The first-order valence-corrected chi connectivity index (χ1v) is 8.42. The van der Waals surface area contributed by atoms with Gasteiger partial charge in [-0.05, 0) is 18.6 Å². The third kappa shape index (κ3) is 3.36. The van der Waals surface area contributed by atoms with Crippen LogP contribution in [0.2, 0.25) is 0 Å². The molecule has 4 nitrogen and oxygen atoms in total. The SMILES string of the molecule is C=C(C)/C=C\c1c(OC)cc(OC)c2c1O[C@H](c1ccccc1)CC2=O. The van der Waals surface area contributed by atoms with Gasteiger partial charge >= 0.3 is 0 Å². The molecule has 134 valence electrons. The summed E-state index contributed by atoms with van der Waals surface area (Å²) in [6, 6.07) is 11.5. The van der Waals surface area contributed by atoms with Crippen molar-refractivity contribution < 1.29 is 19.0 Å². The molecule has 1 aliphatic rings. The van der Waals surface area contributed by atoms with E-state index in [1.54, 1.807) is 13.2 Å². The maximum atomic E-state index is 12.9. The van der Waals surface area contributed by atoms with E-state index in [-0.39, 0.29) is 18.3 Å². The second-order valence-corrected chi connectivity index (χ2v) is 6.22. The van der Waals surface area contributed by atoms with Crippen LogP contribution >= 0.6 is 0 Å². The lowest BCUT2D eigenvalue weighted by Gasteiger charge is -2.29. The maximum absolute atomic E-state index is 12.9. The van der Waals surface area contributed by atoms with E-state index >= 15 is 0 Å². The van der Waals surface area contributed by atoms with E-state index in [9.17, 15) is 4.79 Å². The summed E-state index contributed by atoms with van der Waals surface area (Å²) in [6.45, 7) is 5.79. The summed E-state index contributed by atoms with van der Waals surface area (Å²) in [5.41, 5.74) is 3.02. The molecular weight excluding hydrogens is 328 g/mol. The lowest BCUT2D eigenvalue weighted by atomic mass is 9.93. The molecule has 1 aliphatic heterocycles. The summed E-state index contributed by atoms with van der Waals surface area (Å²) >= 11 is 0. The zero-order chi connectivity index (χ0) is 18.7. The Morgan fingerprint density at radius 3 is 2.50 bits per heavy atom. The highest BCUT2D eigenvalue weighted by molar-refractivity contribution is 6.04. The molecule has 1 atom stereocenters. The smallest absolute Gasteiger partial charge is 0.174 e. The van der Waals surface area contributed by atoms with E-state index in [1.807, 2.05) is 49.4 Å². The highest BCUT2D eigenvalue weighted by atomic mass is 16.5. The number of allylic oxidation sites excluding steroid dienone is 2. The van der Waals surface area contributed by atoms with Gasteiger partial charge in [0, 0.05) is 6.07 Å². The molecule has 26 heavy (non-hydrogen) atoms. The van der Waals surface area contributed by atoms with E-state index in [4.69, 9.17) is 14.2 Å². The predicted octanol–water partition coefficient (Wildman–Crippen LogP) is 5.00. The standard InChI is InChI=1S/C22H22O4/c1-14(2)10-11-16-19(24-3)13-20(25-4)21-17(23)12-18(26-22(16)21)15-8-6-5-7-9-15/h5-11,13,18H,1,12H2,2-4H3/b11-10-/t18-/m0/s1. The van der Waals surface area contributed by atoms with E-state index in [0.717, 1.165) is 11.1 Å². The van der Waals surface area contributed by atoms with Crippen LogP contribution in [-0.2, 0) is 0 Å². The molecule has 3 rings (SSSR count). The summed E-state index contributed by atoms with van der Waals surface area (Å²) < 4.78 is 17.2. The first-order valence-electron chi connectivity index (χ1n) is 8.42. The van der Waals surface area contributed by atoms with Gasteiger partial charge < -0.3 is 14.2 Å². The Kier molecular flexibility index (Phi) is 5.12. The normalized spacial score (nSPS) is 16.1. The second-order valence-electron chi connectivity index (χ2n) is 6.22. The first kappa shape index (κ1) is 17.8. The number of ketones is 1. The van der Waals surface area contributed by atoms with Gasteiger partial charge in [-0.1, -0.05) is 48.6 Å². The number of rotatable bonds is 5. The number of carbonyl (C=O) groups excluding carboxylic acids is 1. The van der Waals surface area contributed by atoms with Crippen molar-refractivity contribution in [1.82, 2.24) is 0 Å². The zero-order valence-corrected chi connectivity index (χ0v) is 15.2. The van der Waals surface area contributed by atoms with Crippen LogP contribution in [0.3, 0.4) is 0 Å². The van der Waals surface area contributed by atoms with E-state index < -0.39 is 0 Å². The van der Waals surface area contributed by atoms with Crippen molar-refractivity contribution in [3.05, 3.63) is 71.3 Å². The summed E-state index contributed by atoms with van der Waals surface area (Å²) in [7, 11) is 3.12. The average Bonchev–Trinajstić information content (AvgIpc) is 2.65. The Bertz CT molecular complexity index is 865. The Hall–Kier alpha value is -3.01. The molecule has 0 bridgehead atoms. The maximum Gasteiger partial charge on any atom is 0.174 e. The summed E-state index contributed by atoms with van der Waals surface area (Å²) in [4.78, 5) is 12.9. The van der Waals surface area contributed by atoms with Gasteiger partial charge in [0.1, 0.15) is 28.9 Å². The number of ether oxygens (including phenoxy) is 3. The fourth-order valence-corrected chi connectivity index (χ4v) is 3.04. The quantitative estimate of drug-likeness (QED) is 0.712. The molecular formula is C22H22O4. The van der Waals surface area contributed by atoms with Gasteiger partial charge in [0.2, 0.25) is 0 Å². The number of methoxy groups -OCH3 is 2. The van der Waals surface area contributed by atoms with Gasteiger partial charge in [0.05, 0.1) is 26.2 Å². The monoisotopic (exact) mass is 350 g/mol. The molecule has 1 heterocycles. The molecule has 0 aliphatic carbocycles. The molecule has 0 fully saturated rings. The van der Waals surface area contributed by atoms with Crippen molar-refractivity contribution in [2.24, 2.45) is 0 Å². The van der Waals surface area contributed by atoms with Gasteiger partial charge in [0.25, 0.3) is 0 Å². The molecule has 0 spiro atoms. The molecule has 4 heteroatoms.